The first-order chi connectivity index (χ1) is 7.13. The highest BCUT2D eigenvalue weighted by Gasteiger charge is 2.22. The molecule has 0 aromatic carbocycles. The Labute approximate surface area is 90.4 Å². The van der Waals surface area contributed by atoms with Crippen LogP contribution in [0.4, 0.5) is 0 Å². The Morgan fingerprint density at radius 1 is 1.60 bits per heavy atom. The van der Waals surface area contributed by atoms with Gasteiger partial charge < -0.3 is 10.3 Å². The molecule has 2 heterocycles. The second kappa shape index (κ2) is 4.33. The predicted octanol–water partition coefficient (Wildman–Crippen LogP) is 1.15. The Morgan fingerprint density at radius 3 is 3.00 bits per heavy atom. The van der Waals surface area contributed by atoms with Gasteiger partial charge in [0.1, 0.15) is 0 Å². The first-order valence-corrected chi connectivity index (χ1v) is 5.53. The van der Waals surface area contributed by atoms with Crippen molar-refractivity contribution in [1.29, 1.82) is 0 Å². The third-order valence-electron chi connectivity index (χ3n) is 2.82. The van der Waals surface area contributed by atoms with Crippen molar-refractivity contribution < 1.29 is 4.52 Å². The zero-order valence-electron chi connectivity index (χ0n) is 9.44. The van der Waals surface area contributed by atoms with E-state index in [4.69, 9.17) is 10.3 Å². The number of nitrogens with two attached hydrogens (primary N) is 1. The van der Waals surface area contributed by atoms with E-state index in [1.807, 2.05) is 13.0 Å². The minimum atomic E-state index is 0.303. The van der Waals surface area contributed by atoms with Crippen molar-refractivity contribution in [1.82, 2.24) is 10.1 Å². The second-order valence-corrected chi connectivity index (χ2v) is 4.73. The quantitative estimate of drug-likeness (QED) is 0.794. The number of rotatable bonds is 2. The summed E-state index contributed by atoms with van der Waals surface area (Å²) in [5.74, 6) is 1.62. The Hall–Kier alpha value is -0.870. The van der Waals surface area contributed by atoms with E-state index in [1.54, 1.807) is 0 Å². The van der Waals surface area contributed by atoms with Crippen LogP contribution >= 0.6 is 0 Å². The average Bonchev–Trinajstić information content (AvgIpc) is 2.49. The largest absolute Gasteiger partial charge is 0.360 e. The average molecular weight is 209 g/mol. The zero-order valence-corrected chi connectivity index (χ0v) is 9.44. The smallest absolute Gasteiger partial charge is 0.150 e. The SMILES string of the molecule is Cc1cc(CN2CC(C)CC(N)C2)on1. The number of hydrogen-bond donors (Lipinski definition) is 1. The fourth-order valence-electron chi connectivity index (χ4n) is 2.35. The lowest BCUT2D eigenvalue weighted by Gasteiger charge is -2.33. The number of aryl methyl sites for hydroxylation is 1. The first kappa shape index (κ1) is 10.6. The van der Waals surface area contributed by atoms with E-state index in [2.05, 4.69) is 17.0 Å². The lowest BCUT2D eigenvalue weighted by molar-refractivity contribution is 0.144. The molecule has 1 aliphatic heterocycles. The second-order valence-electron chi connectivity index (χ2n) is 4.73. The third-order valence-corrected chi connectivity index (χ3v) is 2.82. The van der Waals surface area contributed by atoms with E-state index in [1.165, 1.54) is 0 Å². The van der Waals surface area contributed by atoms with Crippen LogP contribution < -0.4 is 5.73 Å². The predicted molar refractivity (Wildman–Crippen MR) is 58.3 cm³/mol. The maximum atomic E-state index is 5.99. The highest BCUT2D eigenvalue weighted by Crippen LogP contribution is 2.17. The molecule has 1 aliphatic rings. The van der Waals surface area contributed by atoms with Crippen molar-refractivity contribution in [2.45, 2.75) is 32.9 Å². The van der Waals surface area contributed by atoms with Crippen LogP contribution in [0.5, 0.6) is 0 Å². The van der Waals surface area contributed by atoms with E-state index < -0.39 is 0 Å². The summed E-state index contributed by atoms with van der Waals surface area (Å²) in [6.07, 6.45) is 1.13. The molecule has 1 fully saturated rings. The molecular formula is C11H19N3O. The zero-order chi connectivity index (χ0) is 10.8. The summed E-state index contributed by atoms with van der Waals surface area (Å²) in [7, 11) is 0. The van der Waals surface area contributed by atoms with E-state index >= 15 is 0 Å². The standard InChI is InChI=1S/C11H19N3O/c1-8-3-10(12)6-14(5-8)7-11-4-9(2)13-15-11/h4,8,10H,3,5-7,12H2,1-2H3. The lowest BCUT2D eigenvalue weighted by Crippen LogP contribution is -2.45. The fourth-order valence-corrected chi connectivity index (χ4v) is 2.35. The molecular weight excluding hydrogens is 190 g/mol. The minimum Gasteiger partial charge on any atom is -0.360 e. The van der Waals surface area contributed by atoms with Gasteiger partial charge >= 0.3 is 0 Å². The molecule has 1 aromatic heterocycles. The van der Waals surface area contributed by atoms with Gasteiger partial charge in [0.05, 0.1) is 12.2 Å². The van der Waals surface area contributed by atoms with Gasteiger partial charge in [0.2, 0.25) is 0 Å². The molecule has 15 heavy (non-hydrogen) atoms. The van der Waals surface area contributed by atoms with Crippen LogP contribution in [0.3, 0.4) is 0 Å². The number of piperidine rings is 1. The van der Waals surface area contributed by atoms with Crippen molar-refractivity contribution in [3.63, 3.8) is 0 Å². The van der Waals surface area contributed by atoms with E-state index in [-0.39, 0.29) is 0 Å². The summed E-state index contributed by atoms with van der Waals surface area (Å²) < 4.78 is 5.21. The molecule has 2 atom stereocenters. The summed E-state index contributed by atoms with van der Waals surface area (Å²) in [5, 5.41) is 3.89. The molecule has 0 bridgehead atoms. The Balaban J connectivity index is 1.94. The van der Waals surface area contributed by atoms with Gasteiger partial charge in [-0.25, -0.2) is 0 Å². The van der Waals surface area contributed by atoms with Gasteiger partial charge in [-0.05, 0) is 19.3 Å². The van der Waals surface area contributed by atoms with Gasteiger partial charge in [-0.1, -0.05) is 12.1 Å². The van der Waals surface area contributed by atoms with E-state index in [0.29, 0.717) is 12.0 Å². The van der Waals surface area contributed by atoms with Crippen LogP contribution in [0.1, 0.15) is 24.8 Å². The summed E-state index contributed by atoms with van der Waals surface area (Å²) in [6, 6.07) is 2.29. The number of aromatic nitrogens is 1. The Morgan fingerprint density at radius 2 is 2.40 bits per heavy atom. The van der Waals surface area contributed by atoms with E-state index in [9.17, 15) is 0 Å². The maximum Gasteiger partial charge on any atom is 0.150 e. The molecule has 2 rings (SSSR count). The molecule has 4 nitrogen and oxygen atoms in total. The number of hydrogen-bond acceptors (Lipinski definition) is 4. The van der Waals surface area contributed by atoms with Crippen molar-refractivity contribution in [3.8, 4) is 0 Å². The van der Waals surface area contributed by atoms with Crippen LogP contribution in [-0.2, 0) is 6.54 Å². The van der Waals surface area contributed by atoms with Crippen molar-refractivity contribution >= 4 is 0 Å². The normalized spacial score (nSPS) is 28.2. The van der Waals surface area contributed by atoms with Gasteiger partial charge in [-0.2, -0.15) is 0 Å². The summed E-state index contributed by atoms with van der Waals surface area (Å²) in [6.45, 7) is 7.09. The molecule has 1 saturated heterocycles. The molecule has 0 aliphatic carbocycles. The summed E-state index contributed by atoms with van der Waals surface area (Å²) in [5.41, 5.74) is 6.93. The molecule has 84 valence electrons. The highest BCUT2D eigenvalue weighted by molar-refractivity contribution is 5.03. The molecule has 0 radical (unpaired) electrons. The van der Waals surface area contributed by atoms with Gasteiger partial charge in [-0.3, -0.25) is 4.90 Å². The molecule has 4 heteroatoms. The van der Waals surface area contributed by atoms with Crippen LogP contribution in [0.2, 0.25) is 0 Å². The topological polar surface area (TPSA) is 55.3 Å². The summed E-state index contributed by atoms with van der Waals surface area (Å²) >= 11 is 0. The molecule has 0 spiro atoms. The van der Waals surface area contributed by atoms with Crippen LogP contribution in [-0.4, -0.2) is 29.2 Å². The van der Waals surface area contributed by atoms with Gasteiger partial charge in [-0.15, -0.1) is 0 Å². The fraction of sp³-hybridized carbons (Fsp3) is 0.727. The number of likely N-dealkylation sites (tertiary alicyclic amines) is 1. The molecule has 1 aromatic rings. The van der Waals surface area contributed by atoms with Gasteiger partial charge in [0, 0.05) is 25.2 Å². The minimum absolute atomic E-state index is 0.303. The van der Waals surface area contributed by atoms with Crippen LogP contribution in [0, 0.1) is 12.8 Å². The molecule has 0 amide bonds. The van der Waals surface area contributed by atoms with E-state index in [0.717, 1.165) is 37.5 Å². The van der Waals surface area contributed by atoms with Gasteiger partial charge in [0.25, 0.3) is 0 Å². The Kier molecular flexibility index (Phi) is 3.07. The monoisotopic (exact) mass is 209 g/mol. The summed E-state index contributed by atoms with van der Waals surface area (Å²) in [4.78, 5) is 2.35. The maximum absolute atomic E-state index is 5.99. The van der Waals surface area contributed by atoms with Crippen LogP contribution in [0.15, 0.2) is 10.6 Å². The third kappa shape index (κ3) is 2.79. The number of nitrogens with zero attached hydrogens (tertiary/aromatic N) is 2. The van der Waals surface area contributed by atoms with Crippen LogP contribution in [0.25, 0.3) is 0 Å². The molecule has 2 unspecified atom stereocenters. The Bertz CT molecular complexity index is 313. The first-order valence-electron chi connectivity index (χ1n) is 5.53. The lowest BCUT2D eigenvalue weighted by atomic mass is 9.96. The highest BCUT2D eigenvalue weighted by atomic mass is 16.5. The van der Waals surface area contributed by atoms with Crippen molar-refractivity contribution in [2.75, 3.05) is 13.1 Å². The van der Waals surface area contributed by atoms with Crippen molar-refractivity contribution in [2.24, 2.45) is 11.7 Å². The van der Waals surface area contributed by atoms with Gasteiger partial charge in [0.15, 0.2) is 5.76 Å². The molecule has 2 N–H and O–H groups in total. The molecule has 0 saturated carbocycles. The van der Waals surface area contributed by atoms with Crippen molar-refractivity contribution in [3.05, 3.63) is 17.5 Å².